The number of carbonyl (C=O) groups excluding carboxylic acids is 1. The van der Waals surface area contributed by atoms with Gasteiger partial charge < -0.3 is 15.3 Å². The lowest BCUT2D eigenvalue weighted by Gasteiger charge is -2.39. The number of aliphatic hydroxyl groups is 1. The predicted octanol–water partition coefficient (Wildman–Crippen LogP) is 1.20. The van der Waals surface area contributed by atoms with Crippen molar-refractivity contribution in [1.82, 2.24) is 20.1 Å². The van der Waals surface area contributed by atoms with E-state index in [9.17, 15) is 14.3 Å². The summed E-state index contributed by atoms with van der Waals surface area (Å²) < 4.78 is 14.7. The summed E-state index contributed by atoms with van der Waals surface area (Å²) in [5.41, 5.74) is -0.580. The largest absolute Gasteiger partial charge is 0.386 e. The monoisotopic (exact) mass is 347 g/mol. The van der Waals surface area contributed by atoms with Gasteiger partial charge in [0.25, 0.3) is 5.91 Å². The minimum atomic E-state index is -1.05. The van der Waals surface area contributed by atoms with Crippen molar-refractivity contribution in [2.75, 3.05) is 24.5 Å². The maximum absolute atomic E-state index is 13.0. The summed E-state index contributed by atoms with van der Waals surface area (Å²) in [6.07, 6.45) is 5.70. The van der Waals surface area contributed by atoms with Gasteiger partial charge in [0.05, 0.1) is 23.6 Å². The van der Waals surface area contributed by atoms with Crippen LogP contribution in [0.3, 0.4) is 0 Å². The number of amides is 1. The summed E-state index contributed by atoms with van der Waals surface area (Å²) >= 11 is 0. The first-order valence-corrected chi connectivity index (χ1v) is 8.39. The number of hydrogen-bond acceptors (Lipinski definition) is 5. The smallest absolute Gasteiger partial charge is 0.254 e. The first kappa shape index (κ1) is 17.3. The Morgan fingerprint density at radius 3 is 2.96 bits per heavy atom. The molecular formula is C17H22FN5O2. The minimum Gasteiger partial charge on any atom is -0.386 e. The molecule has 1 aliphatic rings. The molecule has 25 heavy (non-hydrogen) atoms. The van der Waals surface area contributed by atoms with Crippen LogP contribution in [0, 0.1) is 5.82 Å². The van der Waals surface area contributed by atoms with Gasteiger partial charge in [0.15, 0.2) is 0 Å². The predicted molar refractivity (Wildman–Crippen MR) is 90.8 cm³/mol. The maximum Gasteiger partial charge on any atom is 0.254 e. The zero-order chi connectivity index (χ0) is 17.9. The van der Waals surface area contributed by atoms with Gasteiger partial charge in [0.2, 0.25) is 0 Å². The van der Waals surface area contributed by atoms with Crippen LogP contribution in [0.15, 0.2) is 30.7 Å². The summed E-state index contributed by atoms with van der Waals surface area (Å²) in [6.45, 7) is 3.84. The van der Waals surface area contributed by atoms with Crippen molar-refractivity contribution in [3.8, 4) is 0 Å². The molecular weight excluding hydrogens is 325 g/mol. The molecule has 2 aromatic heterocycles. The highest BCUT2D eigenvalue weighted by Crippen LogP contribution is 2.24. The molecule has 1 saturated heterocycles. The lowest BCUT2D eigenvalue weighted by atomic mass is 9.92. The summed E-state index contributed by atoms with van der Waals surface area (Å²) in [6, 6.07) is 2.95. The second-order valence-electron chi connectivity index (χ2n) is 6.35. The van der Waals surface area contributed by atoms with Crippen LogP contribution < -0.4 is 10.2 Å². The van der Waals surface area contributed by atoms with Gasteiger partial charge in [-0.2, -0.15) is 5.10 Å². The molecule has 0 aromatic carbocycles. The Kier molecular flexibility index (Phi) is 4.98. The van der Waals surface area contributed by atoms with Crippen molar-refractivity contribution in [2.45, 2.75) is 31.9 Å². The summed E-state index contributed by atoms with van der Waals surface area (Å²) in [5, 5.41) is 17.7. The van der Waals surface area contributed by atoms with E-state index < -0.39 is 11.4 Å². The average molecular weight is 347 g/mol. The van der Waals surface area contributed by atoms with E-state index in [0.29, 0.717) is 30.9 Å². The fourth-order valence-corrected chi connectivity index (χ4v) is 3.01. The lowest BCUT2D eigenvalue weighted by Crippen LogP contribution is -2.54. The molecule has 1 aliphatic heterocycles. The third kappa shape index (κ3) is 4.14. The highest BCUT2D eigenvalue weighted by molar-refractivity contribution is 5.93. The molecule has 0 aliphatic carbocycles. The lowest BCUT2D eigenvalue weighted by molar-refractivity contribution is 0.0254. The molecule has 3 rings (SSSR count). The van der Waals surface area contributed by atoms with Crippen molar-refractivity contribution in [3.05, 3.63) is 42.1 Å². The second kappa shape index (κ2) is 7.18. The molecule has 134 valence electrons. The molecule has 8 heteroatoms. The molecule has 2 N–H and O–H groups in total. The number of rotatable bonds is 5. The third-order valence-electron chi connectivity index (χ3n) is 4.39. The van der Waals surface area contributed by atoms with Crippen LogP contribution >= 0.6 is 0 Å². The van der Waals surface area contributed by atoms with E-state index in [1.807, 2.05) is 11.8 Å². The quantitative estimate of drug-likeness (QED) is 0.849. The molecule has 1 atom stereocenters. The normalized spacial score (nSPS) is 20.5. The van der Waals surface area contributed by atoms with Gasteiger partial charge in [-0.05, 0) is 31.9 Å². The van der Waals surface area contributed by atoms with Crippen LogP contribution in [0.25, 0.3) is 0 Å². The number of pyridine rings is 1. The second-order valence-corrected chi connectivity index (χ2v) is 6.35. The summed E-state index contributed by atoms with van der Waals surface area (Å²) in [5.74, 6) is -0.0314. The molecule has 0 radical (unpaired) electrons. The highest BCUT2D eigenvalue weighted by Gasteiger charge is 2.34. The Balaban J connectivity index is 1.60. The zero-order valence-electron chi connectivity index (χ0n) is 14.2. The standard InChI is InChI=1S/C17H22FN5O2/c1-2-23-10-13(8-21-23)16(24)20-11-17(25)6-3-7-22(12-17)15-5-4-14(18)9-19-15/h4-5,8-10,25H,2-3,6-7,11-12H2,1H3,(H,20,24)/t17-/m1/s1. The van der Waals surface area contributed by atoms with Gasteiger partial charge in [-0.15, -0.1) is 0 Å². The molecule has 7 nitrogen and oxygen atoms in total. The highest BCUT2D eigenvalue weighted by atomic mass is 19.1. The number of aromatic nitrogens is 3. The number of β-amino-alcohol motifs (C(OH)–C–C–N with tert-alkyl or cyclic N) is 1. The van der Waals surface area contributed by atoms with Gasteiger partial charge in [-0.25, -0.2) is 9.37 Å². The number of aryl methyl sites for hydroxylation is 1. The van der Waals surface area contributed by atoms with E-state index >= 15 is 0 Å². The summed E-state index contributed by atoms with van der Waals surface area (Å²) in [4.78, 5) is 18.2. The van der Waals surface area contributed by atoms with Gasteiger partial charge >= 0.3 is 0 Å². The van der Waals surface area contributed by atoms with Crippen LogP contribution in [0.1, 0.15) is 30.1 Å². The Hall–Kier alpha value is -2.48. The van der Waals surface area contributed by atoms with Gasteiger partial charge in [0.1, 0.15) is 11.6 Å². The van der Waals surface area contributed by atoms with Crippen molar-refractivity contribution in [3.63, 3.8) is 0 Å². The number of halogens is 1. The van der Waals surface area contributed by atoms with Crippen molar-refractivity contribution < 1.29 is 14.3 Å². The molecule has 1 amide bonds. The third-order valence-corrected chi connectivity index (χ3v) is 4.39. The van der Waals surface area contributed by atoms with E-state index in [2.05, 4.69) is 15.4 Å². The first-order chi connectivity index (χ1) is 12.0. The zero-order valence-corrected chi connectivity index (χ0v) is 14.2. The molecule has 1 fully saturated rings. The number of anilines is 1. The molecule has 0 unspecified atom stereocenters. The molecule has 2 aromatic rings. The number of nitrogens with one attached hydrogen (secondary N) is 1. The topological polar surface area (TPSA) is 83.3 Å². The van der Waals surface area contributed by atoms with Crippen LogP contribution in [-0.4, -0.2) is 51.0 Å². The van der Waals surface area contributed by atoms with Gasteiger partial charge in [-0.1, -0.05) is 0 Å². The van der Waals surface area contributed by atoms with E-state index in [1.165, 1.54) is 12.3 Å². The van der Waals surface area contributed by atoms with Crippen LogP contribution in [0.2, 0.25) is 0 Å². The van der Waals surface area contributed by atoms with Crippen molar-refractivity contribution >= 4 is 11.7 Å². The van der Waals surface area contributed by atoms with Gasteiger partial charge in [-0.3, -0.25) is 9.48 Å². The SMILES string of the molecule is CCn1cc(C(=O)NC[C@]2(O)CCCN(c3ccc(F)cn3)C2)cn1. The van der Waals surface area contributed by atoms with Crippen molar-refractivity contribution in [1.29, 1.82) is 0 Å². The Morgan fingerprint density at radius 1 is 1.44 bits per heavy atom. The molecule has 0 spiro atoms. The summed E-state index contributed by atoms with van der Waals surface area (Å²) in [7, 11) is 0. The minimum absolute atomic E-state index is 0.140. The Morgan fingerprint density at radius 2 is 2.28 bits per heavy atom. The number of piperidine rings is 1. The van der Waals surface area contributed by atoms with E-state index in [-0.39, 0.29) is 12.5 Å². The van der Waals surface area contributed by atoms with Crippen LogP contribution in [0.5, 0.6) is 0 Å². The van der Waals surface area contributed by atoms with Crippen molar-refractivity contribution in [2.24, 2.45) is 0 Å². The molecule has 0 bridgehead atoms. The Bertz CT molecular complexity index is 733. The van der Waals surface area contributed by atoms with E-state index in [1.54, 1.807) is 16.9 Å². The van der Waals surface area contributed by atoms with E-state index in [4.69, 9.17) is 0 Å². The van der Waals surface area contributed by atoms with E-state index in [0.717, 1.165) is 19.2 Å². The fourth-order valence-electron chi connectivity index (χ4n) is 3.01. The number of carbonyl (C=O) groups is 1. The molecule has 0 saturated carbocycles. The Labute approximate surface area is 145 Å². The average Bonchev–Trinajstić information content (AvgIpc) is 3.10. The number of hydrogen-bond donors (Lipinski definition) is 2. The maximum atomic E-state index is 13.0. The fraction of sp³-hybridized carbons (Fsp3) is 0.471. The van der Waals surface area contributed by atoms with Gasteiger partial charge in [0, 0.05) is 32.4 Å². The first-order valence-electron chi connectivity index (χ1n) is 8.39. The van der Waals surface area contributed by atoms with Crippen LogP contribution in [-0.2, 0) is 6.54 Å². The molecule has 3 heterocycles. The number of nitrogens with zero attached hydrogens (tertiary/aromatic N) is 4. The van der Waals surface area contributed by atoms with Crippen LogP contribution in [0.4, 0.5) is 10.2 Å².